The van der Waals surface area contributed by atoms with Gasteiger partial charge in [-0.05, 0) is 48.8 Å². The van der Waals surface area contributed by atoms with Gasteiger partial charge in [-0.25, -0.2) is 0 Å². The van der Waals surface area contributed by atoms with Crippen molar-refractivity contribution in [1.82, 2.24) is 5.32 Å². The molecule has 0 aromatic carbocycles. The average molecular weight is 226 g/mol. The molecular weight excluding hydrogens is 214 g/mol. The van der Waals surface area contributed by atoms with Crippen molar-refractivity contribution in [3.8, 4) is 0 Å². The molecule has 0 radical (unpaired) electrons. The largest absolute Gasteiger partial charge is 0.472 e. The molecule has 1 atom stereocenters. The summed E-state index contributed by atoms with van der Waals surface area (Å²) in [6, 6.07) is 5.69. The van der Waals surface area contributed by atoms with Gasteiger partial charge in [-0.2, -0.15) is 0 Å². The molecular formula is C11H12ClNO2. The maximum atomic E-state index is 5.73. The van der Waals surface area contributed by atoms with Gasteiger partial charge in [0.05, 0.1) is 18.6 Å². The van der Waals surface area contributed by atoms with Crippen LogP contribution in [0.5, 0.6) is 0 Å². The highest BCUT2D eigenvalue weighted by atomic mass is 35.5. The molecule has 0 aliphatic heterocycles. The van der Waals surface area contributed by atoms with Crippen LogP contribution in [-0.4, -0.2) is 7.05 Å². The lowest BCUT2D eigenvalue weighted by molar-refractivity contribution is 0.429. The smallest absolute Gasteiger partial charge is 0.193 e. The van der Waals surface area contributed by atoms with Crippen molar-refractivity contribution in [2.24, 2.45) is 0 Å². The molecule has 1 N–H and O–H groups in total. The van der Waals surface area contributed by atoms with Gasteiger partial charge >= 0.3 is 0 Å². The topological polar surface area (TPSA) is 38.3 Å². The Labute approximate surface area is 93.0 Å². The minimum absolute atomic E-state index is 0.120. The van der Waals surface area contributed by atoms with Crippen LogP contribution in [0.15, 0.2) is 39.6 Å². The molecule has 0 saturated carbocycles. The fraction of sp³-hybridized carbons (Fsp3) is 0.273. The van der Waals surface area contributed by atoms with Gasteiger partial charge < -0.3 is 14.2 Å². The van der Waals surface area contributed by atoms with E-state index in [0.717, 1.165) is 17.7 Å². The fourth-order valence-corrected chi connectivity index (χ4v) is 1.66. The number of hydrogen-bond acceptors (Lipinski definition) is 3. The fourth-order valence-electron chi connectivity index (χ4n) is 1.50. The monoisotopic (exact) mass is 225 g/mol. The highest BCUT2D eigenvalue weighted by Crippen LogP contribution is 2.22. The van der Waals surface area contributed by atoms with Crippen LogP contribution in [0, 0.1) is 0 Å². The van der Waals surface area contributed by atoms with Crippen LogP contribution in [0.25, 0.3) is 0 Å². The zero-order chi connectivity index (χ0) is 10.7. The summed E-state index contributed by atoms with van der Waals surface area (Å²) in [4.78, 5) is 0. The molecule has 0 spiro atoms. The van der Waals surface area contributed by atoms with Crippen LogP contribution in [0.1, 0.15) is 17.4 Å². The summed E-state index contributed by atoms with van der Waals surface area (Å²) < 4.78 is 10.4. The van der Waals surface area contributed by atoms with Crippen molar-refractivity contribution < 1.29 is 8.83 Å². The predicted molar refractivity (Wildman–Crippen MR) is 57.9 cm³/mol. The van der Waals surface area contributed by atoms with E-state index in [1.165, 1.54) is 0 Å². The molecule has 2 heterocycles. The lowest BCUT2D eigenvalue weighted by Crippen LogP contribution is -2.17. The number of hydrogen-bond donors (Lipinski definition) is 1. The first kappa shape index (κ1) is 10.3. The highest BCUT2D eigenvalue weighted by Gasteiger charge is 2.14. The third-order valence-corrected chi connectivity index (χ3v) is 2.51. The summed E-state index contributed by atoms with van der Waals surface area (Å²) in [5.41, 5.74) is 1.13. The third-order valence-electron chi connectivity index (χ3n) is 2.31. The van der Waals surface area contributed by atoms with E-state index in [1.807, 2.05) is 19.2 Å². The van der Waals surface area contributed by atoms with Gasteiger partial charge in [0, 0.05) is 0 Å². The molecule has 15 heavy (non-hydrogen) atoms. The average Bonchev–Trinajstić information content (AvgIpc) is 2.85. The normalized spacial score (nSPS) is 12.9. The van der Waals surface area contributed by atoms with E-state index in [-0.39, 0.29) is 6.04 Å². The number of nitrogens with one attached hydrogen (secondary N) is 1. The minimum Gasteiger partial charge on any atom is -0.472 e. The molecule has 0 saturated heterocycles. The summed E-state index contributed by atoms with van der Waals surface area (Å²) in [6.07, 6.45) is 4.21. The van der Waals surface area contributed by atoms with E-state index in [0.29, 0.717) is 5.22 Å². The Kier molecular flexibility index (Phi) is 3.14. The summed E-state index contributed by atoms with van der Waals surface area (Å²) in [7, 11) is 1.89. The first-order valence-electron chi connectivity index (χ1n) is 4.73. The van der Waals surface area contributed by atoms with E-state index in [2.05, 4.69) is 5.32 Å². The van der Waals surface area contributed by atoms with Crippen molar-refractivity contribution in [1.29, 1.82) is 0 Å². The quantitative estimate of drug-likeness (QED) is 0.869. The Morgan fingerprint density at radius 2 is 2.27 bits per heavy atom. The van der Waals surface area contributed by atoms with E-state index in [4.69, 9.17) is 20.4 Å². The lowest BCUT2D eigenvalue weighted by Gasteiger charge is -2.11. The van der Waals surface area contributed by atoms with Gasteiger partial charge in [0.2, 0.25) is 0 Å². The number of halogens is 1. The molecule has 0 aliphatic carbocycles. The predicted octanol–water partition coefficient (Wildman–Crippen LogP) is 3.03. The Balaban J connectivity index is 2.11. The third kappa shape index (κ3) is 2.43. The van der Waals surface area contributed by atoms with Gasteiger partial charge in [-0.3, -0.25) is 0 Å². The minimum atomic E-state index is 0.120. The molecule has 2 aromatic heterocycles. The van der Waals surface area contributed by atoms with Gasteiger partial charge in [0.25, 0.3) is 0 Å². The van der Waals surface area contributed by atoms with Crippen LogP contribution in [0.4, 0.5) is 0 Å². The number of likely N-dealkylation sites (N-methyl/N-ethyl adjacent to an activating group) is 1. The van der Waals surface area contributed by atoms with Crippen LogP contribution < -0.4 is 5.32 Å². The molecule has 3 nitrogen and oxygen atoms in total. The van der Waals surface area contributed by atoms with Gasteiger partial charge in [0.15, 0.2) is 5.22 Å². The van der Waals surface area contributed by atoms with Gasteiger partial charge in [-0.1, -0.05) is 0 Å². The van der Waals surface area contributed by atoms with Crippen molar-refractivity contribution in [3.05, 3.63) is 47.3 Å². The zero-order valence-electron chi connectivity index (χ0n) is 8.37. The Hall–Kier alpha value is -1.19. The second-order valence-electron chi connectivity index (χ2n) is 3.32. The molecule has 2 rings (SSSR count). The van der Waals surface area contributed by atoms with Crippen LogP contribution in [0.3, 0.4) is 0 Å². The second kappa shape index (κ2) is 4.55. The SMILES string of the molecule is CNC(Cc1ccoc1)c1ccc(Cl)o1. The summed E-state index contributed by atoms with van der Waals surface area (Å²) in [5, 5.41) is 3.59. The molecule has 2 aromatic rings. The Bertz CT molecular complexity index is 408. The lowest BCUT2D eigenvalue weighted by atomic mass is 10.1. The van der Waals surface area contributed by atoms with Crippen LogP contribution in [-0.2, 0) is 6.42 Å². The molecule has 0 fully saturated rings. The molecule has 0 bridgehead atoms. The van der Waals surface area contributed by atoms with Crippen molar-refractivity contribution in [2.75, 3.05) is 7.05 Å². The molecule has 1 unspecified atom stereocenters. The van der Waals surface area contributed by atoms with Crippen molar-refractivity contribution in [3.63, 3.8) is 0 Å². The summed E-state index contributed by atoms with van der Waals surface area (Å²) in [6.45, 7) is 0. The van der Waals surface area contributed by atoms with Gasteiger partial charge in [-0.15, -0.1) is 0 Å². The van der Waals surface area contributed by atoms with E-state index in [1.54, 1.807) is 18.6 Å². The first-order valence-corrected chi connectivity index (χ1v) is 5.11. The number of rotatable bonds is 4. The Morgan fingerprint density at radius 3 is 2.80 bits per heavy atom. The molecule has 4 heteroatoms. The molecule has 0 amide bonds. The van der Waals surface area contributed by atoms with E-state index < -0.39 is 0 Å². The molecule has 80 valence electrons. The maximum absolute atomic E-state index is 5.73. The summed E-state index contributed by atoms with van der Waals surface area (Å²) in [5.74, 6) is 0.837. The first-order chi connectivity index (χ1) is 7.29. The Morgan fingerprint density at radius 1 is 1.40 bits per heavy atom. The maximum Gasteiger partial charge on any atom is 0.193 e. The van der Waals surface area contributed by atoms with Crippen molar-refractivity contribution >= 4 is 11.6 Å². The van der Waals surface area contributed by atoms with Gasteiger partial charge in [0.1, 0.15) is 5.76 Å². The number of furan rings is 2. The van der Waals surface area contributed by atoms with Crippen LogP contribution >= 0.6 is 11.6 Å². The van der Waals surface area contributed by atoms with E-state index in [9.17, 15) is 0 Å². The standard InChI is InChI=1S/C11H12ClNO2/c1-13-9(6-8-4-5-14-7-8)10-2-3-11(12)15-10/h2-5,7,9,13H,6H2,1H3. The van der Waals surface area contributed by atoms with E-state index >= 15 is 0 Å². The second-order valence-corrected chi connectivity index (χ2v) is 3.69. The highest BCUT2D eigenvalue weighted by molar-refractivity contribution is 6.28. The zero-order valence-corrected chi connectivity index (χ0v) is 9.12. The van der Waals surface area contributed by atoms with Crippen LogP contribution in [0.2, 0.25) is 5.22 Å². The van der Waals surface area contributed by atoms with Crippen molar-refractivity contribution in [2.45, 2.75) is 12.5 Å². The molecule has 0 aliphatic rings. The summed E-state index contributed by atoms with van der Waals surface area (Å²) >= 11 is 5.73.